The molecule has 2 N–H and O–H groups in total. The van der Waals surface area contributed by atoms with Gasteiger partial charge in [0.05, 0.1) is 6.10 Å². The summed E-state index contributed by atoms with van der Waals surface area (Å²) in [7, 11) is 0. The van der Waals surface area contributed by atoms with Crippen molar-refractivity contribution in [3.63, 3.8) is 0 Å². The maximum atomic E-state index is 5.52. The van der Waals surface area contributed by atoms with E-state index in [0.717, 1.165) is 19.2 Å². The van der Waals surface area contributed by atoms with Gasteiger partial charge in [-0.1, -0.05) is 0 Å². The molecule has 1 aliphatic heterocycles. The summed E-state index contributed by atoms with van der Waals surface area (Å²) in [6.45, 7) is 5.26. The van der Waals surface area contributed by atoms with Gasteiger partial charge in [-0.05, 0) is 32.7 Å². The molecule has 1 unspecified atom stereocenters. The first-order chi connectivity index (χ1) is 6.38. The van der Waals surface area contributed by atoms with Crippen LogP contribution in [0.1, 0.15) is 26.2 Å². The summed E-state index contributed by atoms with van der Waals surface area (Å²) in [6, 6.07) is 1.44. The van der Waals surface area contributed by atoms with Crippen molar-refractivity contribution < 1.29 is 4.74 Å². The molecule has 0 aromatic carbocycles. The van der Waals surface area contributed by atoms with Crippen LogP contribution in [0.5, 0.6) is 0 Å². The Morgan fingerprint density at radius 2 is 2.23 bits per heavy atom. The van der Waals surface area contributed by atoms with Gasteiger partial charge in [0.25, 0.3) is 0 Å². The molecule has 0 aromatic rings. The topological polar surface area (TPSA) is 33.3 Å². The SMILES string of the molecule is CCOC1CC(NC2CCNC2)C1. The highest BCUT2D eigenvalue weighted by Gasteiger charge is 2.31. The van der Waals surface area contributed by atoms with Crippen molar-refractivity contribution in [1.82, 2.24) is 10.6 Å². The van der Waals surface area contributed by atoms with Gasteiger partial charge in [0.2, 0.25) is 0 Å². The molecule has 1 atom stereocenters. The van der Waals surface area contributed by atoms with Crippen molar-refractivity contribution in [2.45, 2.75) is 44.4 Å². The lowest BCUT2D eigenvalue weighted by Gasteiger charge is -2.37. The molecule has 2 fully saturated rings. The summed E-state index contributed by atoms with van der Waals surface area (Å²) in [6.07, 6.45) is 4.25. The molecule has 0 spiro atoms. The van der Waals surface area contributed by atoms with E-state index in [1.807, 2.05) is 0 Å². The molecule has 0 aromatic heterocycles. The zero-order valence-electron chi connectivity index (χ0n) is 8.38. The highest BCUT2D eigenvalue weighted by Crippen LogP contribution is 2.24. The molecule has 1 saturated carbocycles. The second-order valence-corrected chi connectivity index (χ2v) is 4.10. The predicted octanol–water partition coefficient (Wildman–Crippen LogP) is 0.505. The van der Waals surface area contributed by atoms with E-state index in [0.29, 0.717) is 12.1 Å². The Morgan fingerprint density at radius 1 is 1.38 bits per heavy atom. The summed E-state index contributed by atoms with van der Waals surface area (Å²) >= 11 is 0. The first-order valence-corrected chi connectivity index (χ1v) is 5.47. The third-order valence-corrected chi connectivity index (χ3v) is 3.03. The highest BCUT2D eigenvalue weighted by molar-refractivity contribution is 4.90. The average Bonchev–Trinajstić information content (AvgIpc) is 2.53. The van der Waals surface area contributed by atoms with Crippen LogP contribution in [0.2, 0.25) is 0 Å². The number of rotatable bonds is 4. The third kappa shape index (κ3) is 2.42. The van der Waals surface area contributed by atoms with Crippen molar-refractivity contribution in [3.8, 4) is 0 Å². The summed E-state index contributed by atoms with van der Waals surface area (Å²) in [5.41, 5.74) is 0. The molecule has 0 bridgehead atoms. The molecule has 2 rings (SSSR count). The van der Waals surface area contributed by atoms with Crippen LogP contribution < -0.4 is 10.6 Å². The average molecular weight is 184 g/mol. The van der Waals surface area contributed by atoms with Gasteiger partial charge in [-0.2, -0.15) is 0 Å². The summed E-state index contributed by atoms with van der Waals surface area (Å²) in [5.74, 6) is 0. The van der Waals surface area contributed by atoms with Crippen LogP contribution in [0, 0.1) is 0 Å². The molecule has 1 saturated heterocycles. The Hall–Kier alpha value is -0.120. The number of nitrogens with one attached hydrogen (secondary N) is 2. The van der Waals surface area contributed by atoms with Gasteiger partial charge in [-0.3, -0.25) is 0 Å². The molecule has 3 nitrogen and oxygen atoms in total. The van der Waals surface area contributed by atoms with E-state index in [-0.39, 0.29) is 0 Å². The van der Waals surface area contributed by atoms with Gasteiger partial charge in [-0.25, -0.2) is 0 Å². The van der Waals surface area contributed by atoms with Crippen LogP contribution in [-0.4, -0.2) is 37.9 Å². The largest absolute Gasteiger partial charge is 0.378 e. The minimum Gasteiger partial charge on any atom is -0.378 e. The second-order valence-electron chi connectivity index (χ2n) is 4.10. The molecule has 0 radical (unpaired) electrons. The number of hydrogen-bond donors (Lipinski definition) is 2. The normalized spacial score (nSPS) is 39.0. The van der Waals surface area contributed by atoms with Crippen LogP contribution in [-0.2, 0) is 4.74 Å². The Kier molecular flexibility index (Phi) is 3.19. The fourth-order valence-corrected chi connectivity index (χ4v) is 2.20. The first kappa shape index (κ1) is 9.44. The fourth-order valence-electron chi connectivity index (χ4n) is 2.20. The monoisotopic (exact) mass is 184 g/mol. The van der Waals surface area contributed by atoms with Crippen LogP contribution in [0.3, 0.4) is 0 Å². The lowest BCUT2D eigenvalue weighted by atomic mass is 9.88. The summed E-state index contributed by atoms with van der Waals surface area (Å²) in [5, 5.41) is 7.03. The van der Waals surface area contributed by atoms with Gasteiger partial charge in [-0.15, -0.1) is 0 Å². The number of ether oxygens (including phenoxy) is 1. The van der Waals surface area contributed by atoms with Gasteiger partial charge in [0.1, 0.15) is 0 Å². The lowest BCUT2D eigenvalue weighted by molar-refractivity contribution is -0.0118. The Bertz CT molecular complexity index is 151. The number of hydrogen-bond acceptors (Lipinski definition) is 3. The summed E-state index contributed by atoms with van der Waals surface area (Å²) in [4.78, 5) is 0. The molecule has 0 amide bonds. The molecule has 13 heavy (non-hydrogen) atoms. The molecule has 76 valence electrons. The first-order valence-electron chi connectivity index (χ1n) is 5.47. The van der Waals surface area contributed by atoms with Gasteiger partial charge in [0.15, 0.2) is 0 Å². The van der Waals surface area contributed by atoms with E-state index in [1.54, 1.807) is 0 Å². The zero-order chi connectivity index (χ0) is 9.10. The highest BCUT2D eigenvalue weighted by atomic mass is 16.5. The van der Waals surface area contributed by atoms with Gasteiger partial charge in [0, 0.05) is 25.2 Å². The van der Waals surface area contributed by atoms with E-state index in [4.69, 9.17) is 4.74 Å². The standard InChI is InChI=1S/C10H20N2O/c1-2-13-10-5-9(6-10)12-8-3-4-11-7-8/h8-12H,2-7H2,1H3. The Labute approximate surface area is 80.2 Å². The van der Waals surface area contributed by atoms with Gasteiger partial charge < -0.3 is 15.4 Å². The second kappa shape index (κ2) is 4.40. The van der Waals surface area contributed by atoms with E-state index in [9.17, 15) is 0 Å². The smallest absolute Gasteiger partial charge is 0.0604 e. The molecular formula is C10H20N2O. The fraction of sp³-hybridized carbons (Fsp3) is 1.00. The van der Waals surface area contributed by atoms with E-state index in [1.165, 1.54) is 25.8 Å². The minimum absolute atomic E-state index is 0.539. The zero-order valence-corrected chi connectivity index (χ0v) is 8.38. The van der Waals surface area contributed by atoms with Crippen molar-refractivity contribution in [2.75, 3.05) is 19.7 Å². The summed E-state index contributed by atoms with van der Waals surface area (Å²) < 4.78 is 5.52. The quantitative estimate of drug-likeness (QED) is 0.668. The van der Waals surface area contributed by atoms with E-state index < -0.39 is 0 Å². The van der Waals surface area contributed by atoms with Crippen LogP contribution in [0.25, 0.3) is 0 Å². The Balaban J connectivity index is 1.58. The van der Waals surface area contributed by atoms with Crippen molar-refractivity contribution in [3.05, 3.63) is 0 Å². The molecule has 1 aliphatic carbocycles. The molecule has 1 heterocycles. The van der Waals surface area contributed by atoms with E-state index in [2.05, 4.69) is 17.6 Å². The third-order valence-electron chi connectivity index (χ3n) is 3.03. The van der Waals surface area contributed by atoms with Crippen molar-refractivity contribution in [2.24, 2.45) is 0 Å². The minimum atomic E-state index is 0.539. The van der Waals surface area contributed by atoms with Crippen LogP contribution >= 0.6 is 0 Å². The maximum Gasteiger partial charge on any atom is 0.0604 e. The molecule has 2 aliphatic rings. The predicted molar refractivity (Wildman–Crippen MR) is 52.8 cm³/mol. The Morgan fingerprint density at radius 3 is 2.85 bits per heavy atom. The van der Waals surface area contributed by atoms with E-state index >= 15 is 0 Å². The van der Waals surface area contributed by atoms with Crippen molar-refractivity contribution >= 4 is 0 Å². The maximum absolute atomic E-state index is 5.52. The van der Waals surface area contributed by atoms with Crippen LogP contribution in [0.15, 0.2) is 0 Å². The van der Waals surface area contributed by atoms with Gasteiger partial charge >= 0.3 is 0 Å². The molecular weight excluding hydrogens is 164 g/mol. The van der Waals surface area contributed by atoms with Crippen molar-refractivity contribution in [1.29, 1.82) is 0 Å². The molecule has 3 heteroatoms. The van der Waals surface area contributed by atoms with Crippen LogP contribution in [0.4, 0.5) is 0 Å². The lowest BCUT2D eigenvalue weighted by Crippen LogP contribution is -2.49.